The summed E-state index contributed by atoms with van der Waals surface area (Å²) in [6.45, 7) is 2.77. The standard InChI is InChI=1S/C23H27NO3S/c1-26-23(15-27-16-23)20-7-3-19(4-8-20)22(25)24-13-11-18(12-14-24)17-5-9-21(28-2)10-6-17/h3-10,18H,11-16H2,1-2H3. The molecule has 2 aromatic rings. The third-order valence-electron chi connectivity index (χ3n) is 6.09. The van der Waals surface area contributed by atoms with Gasteiger partial charge < -0.3 is 14.4 Å². The van der Waals surface area contributed by atoms with Crippen molar-refractivity contribution in [1.82, 2.24) is 4.90 Å². The quantitative estimate of drug-likeness (QED) is 0.705. The summed E-state index contributed by atoms with van der Waals surface area (Å²) in [6, 6.07) is 16.7. The van der Waals surface area contributed by atoms with Crippen molar-refractivity contribution in [3.63, 3.8) is 0 Å². The van der Waals surface area contributed by atoms with Gasteiger partial charge in [-0.05, 0) is 60.4 Å². The van der Waals surface area contributed by atoms with Gasteiger partial charge in [0.25, 0.3) is 5.91 Å². The second-order valence-corrected chi connectivity index (χ2v) is 8.49. The first-order valence-corrected chi connectivity index (χ1v) is 11.0. The van der Waals surface area contributed by atoms with E-state index in [2.05, 4.69) is 30.5 Å². The van der Waals surface area contributed by atoms with Crippen LogP contribution in [0.1, 0.15) is 40.2 Å². The molecule has 2 aliphatic rings. The predicted octanol–water partition coefficient (Wildman–Crippen LogP) is 4.30. The molecule has 0 unspecified atom stereocenters. The highest BCUT2D eigenvalue weighted by atomic mass is 32.2. The fourth-order valence-corrected chi connectivity index (χ4v) is 4.49. The minimum Gasteiger partial charge on any atom is -0.375 e. The van der Waals surface area contributed by atoms with E-state index in [1.165, 1.54) is 10.5 Å². The van der Waals surface area contributed by atoms with E-state index in [4.69, 9.17) is 9.47 Å². The van der Waals surface area contributed by atoms with Crippen molar-refractivity contribution < 1.29 is 14.3 Å². The number of carbonyl (C=O) groups excluding carboxylic acids is 1. The molecule has 4 nitrogen and oxygen atoms in total. The number of thioether (sulfide) groups is 1. The molecule has 0 N–H and O–H groups in total. The van der Waals surface area contributed by atoms with Crippen LogP contribution in [0.15, 0.2) is 53.4 Å². The SMILES string of the molecule is COC1(c2ccc(C(=O)N3CCC(c4ccc(SC)cc4)CC3)cc2)COC1. The molecule has 28 heavy (non-hydrogen) atoms. The van der Waals surface area contributed by atoms with E-state index in [1.807, 2.05) is 29.2 Å². The van der Waals surface area contributed by atoms with Crippen LogP contribution in [0.5, 0.6) is 0 Å². The zero-order valence-corrected chi connectivity index (χ0v) is 17.3. The van der Waals surface area contributed by atoms with Crippen LogP contribution < -0.4 is 0 Å². The number of piperidine rings is 1. The summed E-state index contributed by atoms with van der Waals surface area (Å²) in [5, 5.41) is 0. The highest BCUT2D eigenvalue weighted by Crippen LogP contribution is 2.34. The van der Waals surface area contributed by atoms with Gasteiger partial charge >= 0.3 is 0 Å². The highest BCUT2D eigenvalue weighted by molar-refractivity contribution is 7.98. The summed E-state index contributed by atoms with van der Waals surface area (Å²) in [5.41, 5.74) is 2.87. The number of ether oxygens (including phenoxy) is 2. The Labute approximate surface area is 171 Å². The van der Waals surface area contributed by atoms with Gasteiger partial charge in [-0.25, -0.2) is 0 Å². The minimum atomic E-state index is -0.342. The summed E-state index contributed by atoms with van der Waals surface area (Å²) >= 11 is 1.77. The van der Waals surface area contributed by atoms with Gasteiger partial charge in [-0.15, -0.1) is 11.8 Å². The van der Waals surface area contributed by atoms with Gasteiger partial charge in [-0.1, -0.05) is 24.3 Å². The summed E-state index contributed by atoms with van der Waals surface area (Å²) < 4.78 is 10.9. The maximum atomic E-state index is 12.9. The van der Waals surface area contributed by atoms with Crippen LogP contribution in [0.4, 0.5) is 0 Å². The van der Waals surface area contributed by atoms with Gasteiger partial charge in [-0.3, -0.25) is 4.79 Å². The number of benzene rings is 2. The topological polar surface area (TPSA) is 38.8 Å². The Balaban J connectivity index is 1.37. The summed E-state index contributed by atoms with van der Waals surface area (Å²) in [4.78, 5) is 16.2. The van der Waals surface area contributed by atoms with Crippen LogP contribution in [-0.2, 0) is 15.1 Å². The molecular formula is C23H27NO3S. The van der Waals surface area contributed by atoms with Crippen molar-refractivity contribution in [3.8, 4) is 0 Å². The number of likely N-dealkylation sites (tertiary alicyclic amines) is 1. The molecule has 0 bridgehead atoms. The van der Waals surface area contributed by atoms with Gasteiger partial charge in [0, 0.05) is 30.7 Å². The molecule has 2 aliphatic heterocycles. The Morgan fingerprint density at radius 1 is 1.07 bits per heavy atom. The van der Waals surface area contributed by atoms with E-state index in [-0.39, 0.29) is 11.5 Å². The molecule has 0 aliphatic carbocycles. The molecule has 0 saturated carbocycles. The van der Waals surface area contributed by atoms with Crippen LogP contribution in [0.3, 0.4) is 0 Å². The summed E-state index contributed by atoms with van der Waals surface area (Å²) in [6.07, 6.45) is 4.14. The van der Waals surface area contributed by atoms with Crippen LogP contribution in [0, 0.1) is 0 Å². The zero-order chi connectivity index (χ0) is 19.6. The van der Waals surface area contributed by atoms with Gasteiger partial charge in [0.15, 0.2) is 0 Å². The van der Waals surface area contributed by atoms with Gasteiger partial charge in [0.05, 0.1) is 13.2 Å². The number of hydrogen-bond acceptors (Lipinski definition) is 4. The number of methoxy groups -OCH3 is 1. The zero-order valence-electron chi connectivity index (χ0n) is 16.5. The Morgan fingerprint density at radius 2 is 1.71 bits per heavy atom. The molecule has 2 fully saturated rings. The van der Waals surface area contributed by atoms with Crippen LogP contribution in [0.2, 0.25) is 0 Å². The molecule has 0 atom stereocenters. The first-order chi connectivity index (χ1) is 13.6. The molecular weight excluding hydrogens is 370 g/mol. The molecule has 1 amide bonds. The van der Waals surface area contributed by atoms with E-state index < -0.39 is 0 Å². The first-order valence-electron chi connectivity index (χ1n) is 9.82. The smallest absolute Gasteiger partial charge is 0.253 e. The first kappa shape index (κ1) is 19.5. The van der Waals surface area contributed by atoms with E-state index in [0.717, 1.165) is 37.1 Å². The number of carbonyl (C=O) groups is 1. The van der Waals surface area contributed by atoms with Crippen LogP contribution in [0.25, 0.3) is 0 Å². The number of amides is 1. The summed E-state index contributed by atoms with van der Waals surface area (Å²) in [5.74, 6) is 0.668. The molecule has 0 radical (unpaired) electrons. The Hall–Kier alpha value is -1.82. The number of rotatable bonds is 5. The maximum Gasteiger partial charge on any atom is 0.253 e. The second kappa shape index (κ2) is 8.27. The van der Waals surface area contributed by atoms with Crippen molar-refractivity contribution in [2.75, 3.05) is 39.7 Å². The van der Waals surface area contributed by atoms with Gasteiger partial charge in [0.2, 0.25) is 0 Å². The normalized spacial score (nSPS) is 19.3. The Kier molecular flexibility index (Phi) is 5.76. The molecule has 2 aromatic carbocycles. The van der Waals surface area contributed by atoms with E-state index in [0.29, 0.717) is 19.1 Å². The molecule has 5 heteroatoms. The maximum absolute atomic E-state index is 12.9. The van der Waals surface area contributed by atoms with Crippen molar-refractivity contribution >= 4 is 17.7 Å². The molecule has 0 spiro atoms. The monoisotopic (exact) mass is 397 g/mol. The van der Waals surface area contributed by atoms with Crippen molar-refractivity contribution in [2.24, 2.45) is 0 Å². The third-order valence-corrected chi connectivity index (χ3v) is 6.83. The van der Waals surface area contributed by atoms with Crippen LogP contribution >= 0.6 is 11.8 Å². The molecule has 2 heterocycles. The molecule has 4 rings (SSSR count). The lowest BCUT2D eigenvalue weighted by molar-refractivity contribution is -0.202. The second-order valence-electron chi connectivity index (χ2n) is 7.61. The Morgan fingerprint density at radius 3 is 2.21 bits per heavy atom. The van der Waals surface area contributed by atoms with Crippen molar-refractivity contribution in [2.45, 2.75) is 29.3 Å². The van der Waals surface area contributed by atoms with E-state index >= 15 is 0 Å². The highest BCUT2D eigenvalue weighted by Gasteiger charge is 2.40. The number of nitrogens with zero attached hydrogens (tertiary/aromatic N) is 1. The predicted molar refractivity (Wildman–Crippen MR) is 112 cm³/mol. The fourth-order valence-electron chi connectivity index (χ4n) is 4.08. The lowest BCUT2D eigenvalue weighted by Gasteiger charge is -2.40. The number of hydrogen-bond donors (Lipinski definition) is 0. The fraction of sp³-hybridized carbons (Fsp3) is 0.435. The van der Waals surface area contributed by atoms with E-state index in [9.17, 15) is 4.79 Å². The van der Waals surface area contributed by atoms with Gasteiger partial charge in [0.1, 0.15) is 5.60 Å². The lowest BCUT2D eigenvalue weighted by atomic mass is 9.89. The molecule has 148 valence electrons. The van der Waals surface area contributed by atoms with Crippen molar-refractivity contribution in [1.29, 1.82) is 0 Å². The minimum absolute atomic E-state index is 0.124. The molecule has 2 saturated heterocycles. The van der Waals surface area contributed by atoms with E-state index in [1.54, 1.807) is 18.9 Å². The Bertz CT molecular complexity index is 801. The van der Waals surface area contributed by atoms with Crippen LogP contribution in [-0.4, -0.2) is 50.5 Å². The van der Waals surface area contributed by atoms with Gasteiger partial charge in [-0.2, -0.15) is 0 Å². The average Bonchev–Trinajstić information content (AvgIpc) is 2.74. The average molecular weight is 398 g/mol. The lowest BCUT2D eigenvalue weighted by Crippen LogP contribution is -2.48. The summed E-state index contributed by atoms with van der Waals surface area (Å²) in [7, 11) is 1.71. The largest absolute Gasteiger partial charge is 0.375 e. The molecule has 0 aromatic heterocycles. The third kappa shape index (κ3) is 3.71. The van der Waals surface area contributed by atoms with Crippen molar-refractivity contribution in [3.05, 3.63) is 65.2 Å².